The van der Waals surface area contributed by atoms with Crippen molar-refractivity contribution in [2.24, 2.45) is 0 Å². The predicted molar refractivity (Wildman–Crippen MR) is 70.4 cm³/mol. The Balaban J connectivity index is 2.09. The van der Waals surface area contributed by atoms with Gasteiger partial charge in [0.05, 0.1) is 6.61 Å². The number of hydrogen-bond donors (Lipinski definition) is 1. The van der Waals surface area contributed by atoms with Crippen molar-refractivity contribution in [3.63, 3.8) is 0 Å². The Morgan fingerprint density at radius 1 is 1.10 bits per heavy atom. The highest BCUT2D eigenvalue weighted by Gasteiger charge is 2.22. The molecule has 0 spiro atoms. The van der Waals surface area contributed by atoms with Crippen LogP contribution in [0.25, 0.3) is 0 Å². The Morgan fingerprint density at radius 3 is 2.38 bits per heavy atom. The number of rotatable bonds is 3. The molecular weight excluding hydrogens is 285 g/mol. The van der Waals surface area contributed by atoms with Crippen LogP contribution in [-0.4, -0.2) is 60.1 Å². The summed E-state index contributed by atoms with van der Waals surface area (Å²) in [5, 5.41) is 8.91. The lowest BCUT2D eigenvalue weighted by molar-refractivity contribution is 0.0759. The molecule has 1 aromatic rings. The Labute approximate surface area is 120 Å². The number of β-amino-alcohol motifs (C(OH)–C–C–N with tert-alkyl or cyclic N) is 1. The zero-order valence-corrected chi connectivity index (χ0v) is 11.5. The monoisotopic (exact) mass is 302 g/mol. The summed E-state index contributed by atoms with van der Waals surface area (Å²) in [5.74, 6) is -4.82. The molecule has 1 aromatic carbocycles. The molecule has 1 fully saturated rings. The number of amides is 1. The van der Waals surface area contributed by atoms with Gasteiger partial charge in [-0.2, -0.15) is 0 Å². The van der Waals surface area contributed by atoms with Gasteiger partial charge in [0.15, 0.2) is 17.5 Å². The highest BCUT2D eigenvalue weighted by atomic mass is 19.2. The Kier molecular flexibility index (Phi) is 5.19. The number of halogens is 3. The van der Waals surface area contributed by atoms with Crippen molar-refractivity contribution >= 4 is 5.91 Å². The minimum absolute atomic E-state index is 0.0440. The second-order valence-electron chi connectivity index (χ2n) is 4.96. The molecule has 0 radical (unpaired) electrons. The molecule has 1 saturated heterocycles. The Morgan fingerprint density at radius 2 is 1.76 bits per heavy atom. The predicted octanol–water partition coefficient (Wildman–Crippen LogP) is 1.24. The van der Waals surface area contributed by atoms with Gasteiger partial charge in [-0.25, -0.2) is 13.2 Å². The van der Waals surface area contributed by atoms with E-state index in [1.807, 2.05) is 4.90 Å². The SMILES string of the molecule is O=C(c1cc(F)c(F)c(F)c1)N1CCCN(CCO)CC1. The van der Waals surface area contributed by atoms with Crippen LogP contribution in [0.15, 0.2) is 12.1 Å². The van der Waals surface area contributed by atoms with Crippen LogP contribution in [0.3, 0.4) is 0 Å². The molecule has 1 N–H and O–H groups in total. The maximum Gasteiger partial charge on any atom is 0.254 e. The van der Waals surface area contributed by atoms with Gasteiger partial charge in [-0.05, 0) is 25.1 Å². The molecule has 0 unspecified atom stereocenters. The smallest absolute Gasteiger partial charge is 0.254 e. The summed E-state index contributed by atoms with van der Waals surface area (Å²) in [6.45, 7) is 2.76. The summed E-state index contributed by atoms with van der Waals surface area (Å²) in [4.78, 5) is 15.7. The third kappa shape index (κ3) is 3.74. The van der Waals surface area contributed by atoms with Crippen LogP contribution >= 0.6 is 0 Å². The molecule has 2 rings (SSSR count). The summed E-state index contributed by atoms with van der Waals surface area (Å²) in [6, 6.07) is 1.44. The van der Waals surface area contributed by atoms with E-state index in [2.05, 4.69) is 0 Å². The summed E-state index contributed by atoms with van der Waals surface area (Å²) in [6.07, 6.45) is 0.706. The van der Waals surface area contributed by atoms with Crippen molar-refractivity contribution in [3.8, 4) is 0 Å². The fourth-order valence-corrected chi connectivity index (χ4v) is 2.40. The van der Waals surface area contributed by atoms with Crippen molar-refractivity contribution in [2.75, 3.05) is 39.3 Å². The zero-order chi connectivity index (χ0) is 15.4. The van der Waals surface area contributed by atoms with Crippen LogP contribution in [0.4, 0.5) is 13.2 Å². The van der Waals surface area contributed by atoms with E-state index >= 15 is 0 Å². The van der Waals surface area contributed by atoms with Gasteiger partial charge in [0.2, 0.25) is 0 Å². The molecule has 1 aliphatic heterocycles. The van der Waals surface area contributed by atoms with Crippen LogP contribution in [0.2, 0.25) is 0 Å². The largest absolute Gasteiger partial charge is 0.395 e. The normalized spacial score (nSPS) is 16.9. The van der Waals surface area contributed by atoms with Crippen molar-refractivity contribution in [1.29, 1.82) is 0 Å². The molecule has 0 aliphatic carbocycles. The molecule has 4 nitrogen and oxygen atoms in total. The van der Waals surface area contributed by atoms with Gasteiger partial charge in [0.1, 0.15) is 0 Å². The molecule has 21 heavy (non-hydrogen) atoms. The van der Waals surface area contributed by atoms with Crippen molar-refractivity contribution in [2.45, 2.75) is 6.42 Å². The first kappa shape index (κ1) is 15.8. The van der Waals surface area contributed by atoms with E-state index in [0.717, 1.165) is 18.7 Å². The summed E-state index contributed by atoms with van der Waals surface area (Å²) < 4.78 is 39.3. The molecule has 1 heterocycles. The number of aliphatic hydroxyl groups is 1. The molecule has 0 aromatic heterocycles. The van der Waals surface area contributed by atoms with E-state index < -0.39 is 23.4 Å². The topological polar surface area (TPSA) is 43.8 Å². The van der Waals surface area contributed by atoms with Gasteiger partial charge in [-0.1, -0.05) is 0 Å². The Hall–Kier alpha value is -1.60. The number of aliphatic hydroxyl groups excluding tert-OH is 1. The molecular formula is C14H17F3N2O2. The van der Waals surface area contributed by atoms with Gasteiger partial charge in [0, 0.05) is 31.7 Å². The van der Waals surface area contributed by atoms with Gasteiger partial charge < -0.3 is 10.0 Å². The van der Waals surface area contributed by atoms with Crippen molar-refractivity contribution in [1.82, 2.24) is 9.80 Å². The van der Waals surface area contributed by atoms with E-state index in [4.69, 9.17) is 5.11 Å². The number of hydrogen-bond acceptors (Lipinski definition) is 3. The van der Waals surface area contributed by atoms with Gasteiger partial charge in [-0.3, -0.25) is 9.69 Å². The van der Waals surface area contributed by atoms with Crippen LogP contribution < -0.4 is 0 Å². The Bertz CT molecular complexity index is 502. The minimum Gasteiger partial charge on any atom is -0.395 e. The quantitative estimate of drug-likeness (QED) is 0.855. The first-order valence-corrected chi connectivity index (χ1v) is 6.80. The van der Waals surface area contributed by atoms with Crippen LogP contribution in [0.1, 0.15) is 16.8 Å². The molecule has 0 bridgehead atoms. The average Bonchev–Trinajstić information content (AvgIpc) is 2.69. The fourth-order valence-electron chi connectivity index (χ4n) is 2.40. The van der Waals surface area contributed by atoms with E-state index in [0.29, 0.717) is 32.6 Å². The van der Waals surface area contributed by atoms with E-state index in [-0.39, 0.29) is 12.2 Å². The molecule has 0 saturated carbocycles. The first-order chi connectivity index (χ1) is 10.0. The molecule has 0 atom stereocenters. The second-order valence-corrected chi connectivity index (χ2v) is 4.96. The molecule has 1 amide bonds. The van der Waals surface area contributed by atoms with E-state index in [1.54, 1.807) is 0 Å². The van der Waals surface area contributed by atoms with E-state index in [1.165, 1.54) is 4.90 Å². The molecule has 7 heteroatoms. The summed E-state index contributed by atoms with van der Waals surface area (Å²) >= 11 is 0. The van der Waals surface area contributed by atoms with Gasteiger partial charge >= 0.3 is 0 Å². The minimum atomic E-state index is -1.57. The number of carbonyl (C=O) groups excluding carboxylic acids is 1. The number of benzene rings is 1. The third-order valence-corrected chi connectivity index (χ3v) is 3.52. The summed E-state index contributed by atoms with van der Waals surface area (Å²) in [5.41, 5.74) is -0.193. The lowest BCUT2D eigenvalue weighted by Gasteiger charge is -2.21. The number of carbonyl (C=O) groups is 1. The fraction of sp³-hybridized carbons (Fsp3) is 0.500. The van der Waals surface area contributed by atoms with E-state index in [9.17, 15) is 18.0 Å². The highest BCUT2D eigenvalue weighted by molar-refractivity contribution is 5.94. The maximum atomic E-state index is 13.2. The third-order valence-electron chi connectivity index (χ3n) is 3.52. The van der Waals surface area contributed by atoms with Gasteiger partial charge in [-0.15, -0.1) is 0 Å². The average molecular weight is 302 g/mol. The van der Waals surface area contributed by atoms with Crippen molar-refractivity contribution < 1.29 is 23.1 Å². The zero-order valence-electron chi connectivity index (χ0n) is 11.5. The van der Waals surface area contributed by atoms with Crippen molar-refractivity contribution in [3.05, 3.63) is 35.1 Å². The van der Waals surface area contributed by atoms with Gasteiger partial charge in [0.25, 0.3) is 5.91 Å². The number of nitrogens with zero attached hydrogens (tertiary/aromatic N) is 2. The lowest BCUT2D eigenvalue weighted by atomic mass is 10.1. The second kappa shape index (κ2) is 6.91. The first-order valence-electron chi connectivity index (χ1n) is 6.80. The molecule has 1 aliphatic rings. The van der Waals surface area contributed by atoms with Crippen LogP contribution in [0, 0.1) is 17.5 Å². The van der Waals surface area contributed by atoms with Crippen LogP contribution in [0.5, 0.6) is 0 Å². The van der Waals surface area contributed by atoms with Crippen LogP contribution in [-0.2, 0) is 0 Å². The molecule has 116 valence electrons. The lowest BCUT2D eigenvalue weighted by Crippen LogP contribution is -2.36. The maximum absolute atomic E-state index is 13.2. The summed E-state index contributed by atoms with van der Waals surface area (Å²) in [7, 11) is 0. The standard InChI is InChI=1S/C14H17F3N2O2/c15-11-8-10(9-12(16)13(11)17)14(21)19-3-1-2-18(4-5-19)6-7-20/h8-9,20H,1-7H2. The highest BCUT2D eigenvalue weighted by Crippen LogP contribution is 2.16.